The molecule has 0 radical (unpaired) electrons. The van der Waals surface area contributed by atoms with Gasteiger partial charge in [-0.3, -0.25) is 4.79 Å². The van der Waals surface area contributed by atoms with Gasteiger partial charge in [0.1, 0.15) is 19.2 Å². The number of benzene rings is 1. The van der Waals surface area contributed by atoms with E-state index in [0.29, 0.717) is 5.02 Å². The number of carbonyl (C=O) groups is 1. The van der Waals surface area contributed by atoms with Gasteiger partial charge in [-0.25, -0.2) is 9.67 Å². The van der Waals surface area contributed by atoms with E-state index in [1.54, 1.807) is 11.0 Å². The Morgan fingerprint density at radius 1 is 1.38 bits per heavy atom. The summed E-state index contributed by atoms with van der Waals surface area (Å²) in [6.45, 7) is 0.986. The number of hydrogen-bond donors (Lipinski definition) is 0. The molecule has 1 aliphatic rings. The third-order valence-corrected chi connectivity index (χ3v) is 4.74. The number of hydrogen-bond acceptors (Lipinski definition) is 4. The minimum atomic E-state index is 0.0701. The zero-order valence-corrected chi connectivity index (χ0v) is 12.9. The second-order valence-corrected chi connectivity index (χ2v) is 6.41. The van der Waals surface area contributed by atoms with Gasteiger partial charge >= 0.3 is 0 Å². The average Bonchev–Trinajstić information content (AvgIpc) is 3.01. The lowest BCUT2D eigenvalue weighted by Crippen LogP contribution is -2.42. The van der Waals surface area contributed by atoms with E-state index in [4.69, 9.17) is 11.6 Å². The first-order valence-corrected chi connectivity index (χ1v) is 8.22. The number of thioether (sulfide) groups is 1. The van der Waals surface area contributed by atoms with Crippen molar-refractivity contribution in [2.24, 2.45) is 0 Å². The predicted molar refractivity (Wildman–Crippen MR) is 83.3 cm³/mol. The first kappa shape index (κ1) is 14.4. The molecule has 0 bridgehead atoms. The van der Waals surface area contributed by atoms with Crippen molar-refractivity contribution >= 4 is 29.3 Å². The van der Waals surface area contributed by atoms with Crippen molar-refractivity contribution in [1.29, 1.82) is 0 Å². The van der Waals surface area contributed by atoms with Crippen molar-refractivity contribution in [3.63, 3.8) is 0 Å². The molecule has 21 heavy (non-hydrogen) atoms. The van der Waals surface area contributed by atoms with E-state index in [9.17, 15) is 4.79 Å². The van der Waals surface area contributed by atoms with Crippen LogP contribution in [0, 0.1) is 0 Å². The molecule has 1 amide bonds. The minimum Gasteiger partial charge on any atom is -0.332 e. The van der Waals surface area contributed by atoms with Crippen molar-refractivity contribution in [2.45, 2.75) is 12.6 Å². The fourth-order valence-corrected chi connectivity index (χ4v) is 3.62. The molecule has 1 fully saturated rings. The maximum atomic E-state index is 12.5. The van der Waals surface area contributed by atoms with Crippen molar-refractivity contribution in [3.8, 4) is 0 Å². The molecule has 0 aliphatic carbocycles. The molecule has 7 heteroatoms. The van der Waals surface area contributed by atoms with Gasteiger partial charge in [0, 0.05) is 23.1 Å². The summed E-state index contributed by atoms with van der Waals surface area (Å²) in [6, 6.07) is 7.83. The van der Waals surface area contributed by atoms with Crippen LogP contribution in [0.3, 0.4) is 0 Å². The number of halogens is 1. The van der Waals surface area contributed by atoms with E-state index in [0.717, 1.165) is 23.6 Å². The second kappa shape index (κ2) is 6.49. The molecule has 1 aromatic heterocycles. The summed E-state index contributed by atoms with van der Waals surface area (Å²) in [7, 11) is 0. The van der Waals surface area contributed by atoms with Gasteiger partial charge in [0.15, 0.2) is 0 Å². The summed E-state index contributed by atoms with van der Waals surface area (Å²) in [5.41, 5.74) is 1.12. The first-order chi connectivity index (χ1) is 10.2. The normalized spacial score (nSPS) is 18.7. The molecule has 3 rings (SSSR count). The monoisotopic (exact) mass is 322 g/mol. The molecule has 1 aromatic carbocycles. The van der Waals surface area contributed by atoms with Gasteiger partial charge < -0.3 is 4.90 Å². The topological polar surface area (TPSA) is 51.0 Å². The molecule has 5 nitrogen and oxygen atoms in total. The molecule has 0 N–H and O–H groups in total. The first-order valence-electron chi connectivity index (χ1n) is 6.69. The van der Waals surface area contributed by atoms with Gasteiger partial charge in [-0.15, -0.1) is 0 Å². The summed E-state index contributed by atoms with van der Waals surface area (Å²) in [4.78, 5) is 18.3. The van der Waals surface area contributed by atoms with Crippen LogP contribution in [0.15, 0.2) is 36.9 Å². The maximum Gasteiger partial charge on any atom is 0.244 e. The Labute approximate surface area is 132 Å². The highest BCUT2D eigenvalue weighted by molar-refractivity contribution is 7.99. The quantitative estimate of drug-likeness (QED) is 0.869. The van der Waals surface area contributed by atoms with Crippen LogP contribution in [0.4, 0.5) is 0 Å². The second-order valence-electron chi connectivity index (χ2n) is 4.82. The van der Waals surface area contributed by atoms with Crippen LogP contribution in [0.1, 0.15) is 11.6 Å². The smallest absolute Gasteiger partial charge is 0.244 e. The highest BCUT2D eigenvalue weighted by Gasteiger charge is 2.28. The number of amides is 1. The summed E-state index contributed by atoms with van der Waals surface area (Å²) < 4.78 is 1.56. The molecular formula is C14H15ClN4OS. The third-order valence-electron chi connectivity index (χ3n) is 3.47. The lowest BCUT2D eigenvalue weighted by molar-refractivity contribution is -0.134. The molecule has 1 saturated heterocycles. The highest BCUT2D eigenvalue weighted by atomic mass is 35.5. The van der Waals surface area contributed by atoms with E-state index >= 15 is 0 Å². The van der Waals surface area contributed by atoms with Crippen molar-refractivity contribution in [2.75, 3.05) is 18.1 Å². The van der Waals surface area contributed by atoms with Crippen LogP contribution < -0.4 is 0 Å². The largest absolute Gasteiger partial charge is 0.332 e. The Kier molecular flexibility index (Phi) is 4.45. The molecule has 0 saturated carbocycles. The zero-order chi connectivity index (χ0) is 14.7. The van der Waals surface area contributed by atoms with E-state index < -0.39 is 0 Å². The highest BCUT2D eigenvalue weighted by Crippen LogP contribution is 2.30. The van der Waals surface area contributed by atoms with Gasteiger partial charge in [0.05, 0.1) is 6.04 Å². The van der Waals surface area contributed by atoms with E-state index in [-0.39, 0.29) is 18.5 Å². The average molecular weight is 323 g/mol. The van der Waals surface area contributed by atoms with Crippen molar-refractivity contribution in [1.82, 2.24) is 19.7 Å². The van der Waals surface area contributed by atoms with Crippen molar-refractivity contribution < 1.29 is 4.79 Å². The van der Waals surface area contributed by atoms with Gasteiger partial charge in [0.25, 0.3) is 0 Å². The van der Waals surface area contributed by atoms with E-state index in [1.165, 1.54) is 6.33 Å². The van der Waals surface area contributed by atoms with Gasteiger partial charge in [-0.1, -0.05) is 23.7 Å². The van der Waals surface area contributed by atoms with E-state index in [2.05, 4.69) is 10.1 Å². The summed E-state index contributed by atoms with van der Waals surface area (Å²) in [5, 5.41) is 4.71. The van der Waals surface area contributed by atoms with Crippen molar-refractivity contribution in [3.05, 3.63) is 47.5 Å². The van der Waals surface area contributed by atoms with Gasteiger partial charge in [0.2, 0.25) is 5.91 Å². The molecule has 0 unspecified atom stereocenters. The van der Waals surface area contributed by atoms with Crippen LogP contribution in [0.25, 0.3) is 0 Å². The maximum absolute atomic E-state index is 12.5. The minimum absolute atomic E-state index is 0.0701. The molecule has 1 aliphatic heterocycles. The SMILES string of the molecule is O=C(Cn1cncn1)N1CCSC[C@H]1c1ccc(Cl)cc1. The van der Waals surface area contributed by atoms with Crippen LogP contribution in [-0.4, -0.2) is 43.6 Å². The van der Waals surface area contributed by atoms with E-state index in [1.807, 2.05) is 40.9 Å². The zero-order valence-electron chi connectivity index (χ0n) is 11.4. The fourth-order valence-electron chi connectivity index (χ4n) is 2.41. The van der Waals surface area contributed by atoms with Gasteiger partial charge in [-0.2, -0.15) is 16.9 Å². The molecule has 0 spiro atoms. The lowest BCUT2D eigenvalue weighted by atomic mass is 10.1. The molecular weight excluding hydrogens is 308 g/mol. The predicted octanol–water partition coefficient (Wildman–Crippen LogP) is 2.25. The van der Waals surface area contributed by atoms with Crippen LogP contribution in [0.5, 0.6) is 0 Å². The fraction of sp³-hybridized carbons (Fsp3) is 0.357. The molecule has 1 atom stereocenters. The molecule has 110 valence electrons. The Hall–Kier alpha value is -1.53. The number of carbonyl (C=O) groups excluding carboxylic acids is 1. The molecule has 2 aromatic rings. The lowest BCUT2D eigenvalue weighted by Gasteiger charge is -2.35. The summed E-state index contributed by atoms with van der Waals surface area (Å²) in [5.74, 6) is 1.94. The summed E-state index contributed by atoms with van der Waals surface area (Å²) >= 11 is 7.81. The third kappa shape index (κ3) is 3.39. The number of rotatable bonds is 3. The Morgan fingerprint density at radius 2 is 2.19 bits per heavy atom. The van der Waals surface area contributed by atoms with Crippen LogP contribution >= 0.6 is 23.4 Å². The number of aromatic nitrogens is 3. The molecule has 2 heterocycles. The van der Waals surface area contributed by atoms with Crippen LogP contribution in [0.2, 0.25) is 5.02 Å². The number of nitrogens with zero attached hydrogens (tertiary/aromatic N) is 4. The Balaban J connectivity index is 1.77. The standard InChI is InChI=1S/C14H15ClN4OS/c15-12-3-1-11(2-4-12)13-8-21-6-5-19(13)14(20)7-18-10-16-9-17-18/h1-4,9-10,13H,5-8H2/t13-/m0/s1. The van der Waals surface area contributed by atoms with Gasteiger partial charge in [-0.05, 0) is 17.7 Å². The Bertz CT molecular complexity index is 602. The van der Waals surface area contributed by atoms with Crippen LogP contribution in [-0.2, 0) is 11.3 Å². The summed E-state index contributed by atoms with van der Waals surface area (Å²) in [6.07, 6.45) is 3.00. The Morgan fingerprint density at radius 3 is 2.90 bits per heavy atom.